The van der Waals surface area contributed by atoms with E-state index in [1.165, 1.54) is 61.1 Å². The quantitative estimate of drug-likeness (QED) is 0.110. The molecule has 0 N–H and O–H groups in total. The third-order valence-electron chi connectivity index (χ3n) is 10.3. The van der Waals surface area contributed by atoms with Crippen LogP contribution in [0.15, 0.2) is 102 Å². The van der Waals surface area contributed by atoms with Crippen molar-refractivity contribution < 1.29 is 30.7 Å². The minimum Gasteiger partial charge on any atom is -0.741 e. The molecule has 0 atom stereocenters. The van der Waals surface area contributed by atoms with Crippen LogP contribution in [0.5, 0.6) is 0 Å². The third kappa shape index (κ3) is 6.34. The van der Waals surface area contributed by atoms with Crippen LogP contribution in [0.3, 0.4) is 0 Å². The summed E-state index contributed by atoms with van der Waals surface area (Å²) in [6.07, 6.45) is 11.5. The predicted molar refractivity (Wildman–Crippen MR) is 198 cm³/mol. The molecule has 0 bridgehead atoms. The van der Waals surface area contributed by atoms with Gasteiger partial charge in [-0.3, -0.25) is 0 Å². The molecule has 0 spiro atoms. The number of fused-ring (bicyclic) bond motifs is 5. The highest BCUT2D eigenvalue weighted by molar-refractivity contribution is 8.05. The molecule has 2 aromatic carbocycles. The first-order valence-corrected chi connectivity index (χ1v) is 20.9. The monoisotopic (exact) mass is 770 g/mol. The number of rotatable bonds is 5. The Hall–Kier alpha value is -3.17. The molecule has 7 nitrogen and oxygen atoms in total. The third-order valence-corrected chi connectivity index (χ3v) is 14.0. The molecule has 3 aromatic rings. The number of aromatic nitrogens is 2. The smallest absolute Gasteiger partial charge is 0.485 e. The highest BCUT2D eigenvalue weighted by Crippen LogP contribution is 2.53. The van der Waals surface area contributed by atoms with Crippen molar-refractivity contribution in [1.29, 1.82) is 0 Å². The Kier molecular flexibility index (Phi) is 9.26. The molecule has 14 heteroatoms. The van der Waals surface area contributed by atoms with Crippen molar-refractivity contribution in [2.45, 2.75) is 78.4 Å². The Balaban J connectivity index is 0.000000457. The van der Waals surface area contributed by atoms with Crippen LogP contribution in [0.4, 0.5) is 24.5 Å². The zero-order valence-electron chi connectivity index (χ0n) is 28.8. The van der Waals surface area contributed by atoms with Crippen LogP contribution in [0, 0.1) is 0 Å². The summed E-state index contributed by atoms with van der Waals surface area (Å²) in [6, 6.07) is 18.0. The number of para-hydroxylation sites is 2. The molecule has 0 saturated carbocycles. The highest BCUT2D eigenvalue weighted by atomic mass is 32.2. The van der Waals surface area contributed by atoms with Crippen LogP contribution in [0.25, 0.3) is 0 Å². The van der Waals surface area contributed by atoms with E-state index in [1.54, 1.807) is 23.1 Å². The number of hydrogen-bond donors (Lipinski definition) is 0. The molecular weight excluding hydrogens is 734 g/mol. The summed E-state index contributed by atoms with van der Waals surface area (Å²) in [5.41, 5.74) is 8.96. The standard InChI is InChI=1S/C36H37N4S3.CHF3O3S/c1-35(2)26-10-6-8-12-28(26)39-18-16-24(31(35)39)20-22-14-15-23(30(22)42-34-38-37-33(41-5)43-34)21-25-17-19-40-29-13-9-7-11-27(29)36(3,4)32(25)40;2-1(3,4)8(5,6)7/h6-13,20-21H,14-19H2,1-5H3;(H,5,6,7)/q+1;/p-1. The minimum absolute atomic E-state index is 0.0133. The average Bonchev–Trinajstić information content (AvgIpc) is 3.91. The molecule has 0 unspecified atom stereocenters. The molecule has 51 heavy (non-hydrogen) atoms. The highest BCUT2D eigenvalue weighted by Gasteiger charge is 2.50. The first kappa shape index (κ1) is 36.2. The molecule has 5 heterocycles. The van der Waals surface area contributed by atoms with Crippen molar-refractivity contribution in [2.24, 2.45) is 0 Å². The summed E-state index contributed by atoms with van der Waals surface area (Å²) in [5.74, 6) is 0. The number of alkyl halides is 3. The van der Waals surface area contributed by atoms with Gasteiger partial charge in [-0.15, -0.1) is 10.2 Å². The SMILES string of the molecule is CSc1nnc(SC2=C(C=C3CC[N+]4=C3C(C)(C)c3ccccc34)CCC2=CC2=C3N(CC2)c2ccccc2C3(C)C)s1.O=S(=O)([O-])C(F)(F)F. The maximum atomic E-state index is 10.7. The maximum Gasteiger partial charge on any atom is 0.485 e. The second kappa shape index (κ2) is 13.0. The number of allylic oxidation sites excluding steroid dienone is 5. The van der Waals surface area contributed by atoms with Crippen molar-refractivity contribution in [3.05, 3.63) is 105 Å². The van der Waals surface area contributed by atoms with Crippen LogP contribution in [0.2, 0.25) is 0 Å². The number of nitrogens with zero attached hydrogens (tertiary/aromatic N) is 4. The van der Waals surface area contributed by atoms with Gasteiger partial charge in [0.2, 0.25) is 5.69 Å². The fourth-order valence-electron chi connectivity index (χ4n) is 8.18. The first-order chi connectivity index (χ1) is 24.0. The van der Waals surface area contributed by atoms with Gasteiger partial charge in [0, 0.05) is 51.9 Å². The Morgan fingerprint density at radius 1 is 0.882 bits per heavy atom. The summed E-state index contributed by atoms with van der Waals surface area (Å²) < 4.78 is 63.5. The average molecular weight is 771 g/mol. The molecule has 0 saturated heterocycles. The molecule has 1 aliphatic carbocycles. The number of benzene rings is 2. The predicted octanol–water partition coefficient (Wildman–Crippen LogP) is 9.24. The lowest BCUT2D eigenvalue weighted by Gasteiger charge is -2.23. The van der Waals surface area contributed by atoms with Gasteiger partial charge in [-0.25, -0.2) is 8.42 Å². The van der Waals surface area contributed by atoms with Gasteiger partial charge >= 0.3 is 5.51 Å². The summed E-state index contributed by atoms with van der Waals surface area (Å²) in [7, 11) is -6.09. The van der Waals surface area contributed by atoms with Crippen LogP contribution in [-0.2, 0) is 20.9 Å². The molecule has 0 amide bonds. The molecule has 5 aliphatic rings. The van der Waals surface area contributed by atoms with E-state index in [-0.39, 0.29) is 10.8 Å². The molecule has 4 aliphatic heterocycles. The Bertz CT molecular complexity index is 2210. The molecule has 268 valence electrons. The van der Waals surface area contributed by atoms with Gasteiger partial charge in [0.05, 0.1) is 5.41 Å². The van der Waals surface area contributed by atoms with Gasteiger partial charge in [-0.1, -0.05) is 91.2 Å². The summed E-state index contributed by atoms with van der Waals surface area (Å²) in [6.45, 7) is 11.7. The Labute approximate surface area is 308 Å². The van der Waals surface area contributed by atoms with Crippen molar-refractivity contribution in [1.82, 2.24) is 10.2 Å². The number of halogens is 3. The van der Waals surface area contributed by atoms with Gasteiger partial charge in [0.1, 0.15) is 0 Å². The van der Waals surface area contributed by atoms with Crippen molar-refractivity contribution >= 4 is 62.1 Å². The van der Waals surface area contributed by atoms with Crippen LogP contribution >= 0.6 is 34.9 Å². The molecular formula is C37H37F3N4O3S4. The Morgan fingerprint density at radius 3 is 2.22 bits per heavy atom. The van der Waals surface area contributed by atoms with Crippen molar-refractivity contribution in [3.63, 3.8) is 0 Å². The van der Waals surface area contributed by atoms with E-state index < -0.39 is 15.6 Å². The lowest BCUT2D eigenvalue weighted by molar-refractivity contribution is -0.428. The first-order valence-electron chi connectivity index (χ1n) is 16.6. The topological polar surface area (TPSA) is 89.2 Å². The van der Waals surface area contributed by atoms with Gasteiger partial charge in [-0.2, -0.15) is 17.7 Å². The van der Waals surface area contributed by atoms with Gasteiger partial charge < -0.3 is 9.45 Å². The number of hydrogen-bond acceptors (Lipinski definition) is 9. The molecule has 0 radical (unpaired) electrons. The number of thioether (sulfide) groups is 2. The minimum atomic E-state index is -6.09. The lowest BCUT2D eigenvalue weighted by atomic mass is 9.78. The summed E-state index contributed by atoms with van der Waals surface area (Å²) in [4.78, 5) is 3.97. The van der Waals surface area contributed by atoms with E-state index in [2.05, 4.69) is 114 Å². The second-order valence-corrected chi connectivity index (χ2v) is 18.7. The van der Waals surface area contributed by atoms with Gasteiger partial charge in [-0.05, 0) is 73.8 Å². The molecule has 0 fully saturated rings. The molecule has 8 rings (SSSR count). The Morgan fingerprint density at radius 2 is 1.53 bits per heavy atom. The maximum absolute atomic E-state index is 10.7. The fourth-order valence-corrected chi connectivity index (χ4v) is 10.8. The van der Waals surface area contributed by atoms with E-state index >= 15 is 0 Å². The normalized spacial score (nSPS) is 21.8. The second-order valence-electron chi connectivity index (χ2n) is 14.0. The van der Waals surface area contributed by atoms with E-state index in [4.69, 9.17) is 13.0 Å². The summed E-state index contributed by atoms with van der Waals surface area (Å²) >= 11 is 5.22. The number of anilines is 1. The van der Waals surface area contributed by atoms with Crippen molar-refractivity contribution in [3.8, 4) is 0 Å². The van der Waals surface area contributed by atoms with Gasteiger partial charge in [0.25, 0.3) is 0 Å². The largest absolute Gasteiger partial charge is 0.741 e. The van der Waals surface area contributed by atoms with E-state index in [9.17, 15) is 13.2 Å². The summed E-state index contributed by atoms with van der Waals surface area (Å²) in [5, 5.41) is 9.02. The fraction of sp³-hybridized carbons (Fsp3) is 0.378. The van der Waals surface area contributed by atoms with E-state index in [0.717, 1.165) is 47.5 Å². The van der Waals surface area contributed by atoms with Gasteiger partial charge in [0.15, 0.2) is 31.1 Å². The lowest BCUT2D eigenvalue weighted by Crippen LogP contribution is -2.27. The van der Waals surface area contributed by atoms with Crippen LogP contribution < -0.4 is 4.90 Å². The zero-order chi connectivity index (χ0) is 36.5. The van der Waals surface area contributed by atoms with Crippen LogP contribution in [0.1, 0.15) is 64.5 Å². The van der Waals surface area contributed by atoms with Crippen LogP contribution in [-0.4, -0.2) is 58.3 Å². The van der Waals surface area contributed by atoms with Crippen molar-refractivity contribution in [2.75, 3.05) is 24.2 Å². The zero-order valence-corrected chi connectivity index (χ0v) is 32.1. The van der Waals surface area contributed by atoms with E-state index in [0.29, 0.717) is 0 Å². The molecule has 1 aromatic heterocycles. The van der Waals surface area contributed by atoms with E-state index in [1.807, 2.05) is 11.8 Å².